The van der Waals surface area contributed by atoms with E-state index in [-0.39, 0.29) is 6.54 Å². The number of hydrogen-bond acceptors (Lipinski definition) is 7. The van der Waals surface area contributed by atoms with Crippen LogP contribution in [0.2, 0.25) is 0 Å². The van der Waals surface area contributed by atoms with Crippen LogP contribution >= 0.6 is 27.2 Å². The van der Waals surface area contributed by atoms with Gasteiger partial charge in [0.25, 0.3) is 0 Å². The first-order valence-electron chi connectivity index (χ1n) is 9.53. The summed E-state index contributed by atoms with van der Waals surface area (Å²) >= 11 is 4.91. The van der Waals surface area contributed by atoms with Crippen LogP contribution in [0.1, 0.15) is 18.4 Å². The molecule has 0 fully saturated rings. The van der Waals surface area contributed by atoms with Gasteiger partial charge in [-0.05, 0) is 49.8 Å². The van der Waals surface area contributed by atoms with Crippen molar-refractivity contribution in [3.8, 4) is 5.75 Å². The Kier molecular flexibility index (Phi) is 11.0. The molecule has 14 heteroatoms. The maximum absolute atomic E-state index is 11.8. The summed E-state index contributed by atoms with van der Waals surface area (Å²) < 4.78 is 29.1. The molecule has 0 spiro atoms. The SMILES string of the molecule is CN(CCCOc1cccc(CCNC(=S)NN)c1)CCC(O)(P(C)(=O)O)P(=O)(O)O. The van der Waals surface area contributed by atoms with Crippen LogP contribution < -0.4 is 21.3 Å². The first-order chi connectivity index (χ1) is 14.3. The van der Waals surface area contributed by atoms with Crippen LogP contribution in [0.15, 0.2) is 24.3 Å². The summed E-state index contributed by atoms with van der Waals surface area (Å²) in [5, 5.41) is 10.5. The molecule has 1 aromatic rings. The van der Waals surface area contributed by atoms with Gasteiger partial charge in [-0.15, -0.1) is 0 Å². The van der Waals surface area contributed by atoms with Crippen molar-refractivity contribution >= 4 is 32.3 Å². The van der Waals surface area contributed by atoms with E-state index in [0.29, 0.717) is 37.0 Å². The highest BCUT2D eigenvalue weighted by molar-refractivity contribution is 7.80. The van der Waals surface area contributed by atoms with Crippen molar-refractivity contribution < 1.29 is 33.7 Å². The first-order valence-corrected chi connectivity index (χ1v) is 13.7. The Morgan fingerprint density at radius 1 is 1.29 bits per heavy atom. The van der Waals surface area contributed by atoms with Crippen molar-refractivity contribution in [1.82, 2.24) is 15.6 Å². The molecule has 0 saturated carbocycles. The van der Waals surface area contributed by atoms with E-state index in [9.17, 15) is 28.9 Å². The van der Waals surface area contributed by atoms with Gasteiger partial charge in [0.15, 0.2) is 5.11 Å². The molecule has 0 aliphatic rings. The minimum Gasteiger partial charge on any atom is -0.494 e. The van der Waals surface area contributed by atoms with E-state index in [1.165, 1.54) is 0 Å². The average Bonchev–Trinajstić information content (AvgIpc) is 2.67. The third-order valence-corrected chi connectivity index (χ3v) is 9.51. The standard InChI is InChI=1S/C17H32N4O7P2S/c1-21(11-8-17(22,29(2,23)24)30(25,26)27)10-4-12-28-15-6-3-5-14(13-15)7-9-19-16(31)20-18/h3,5-6,13,22H,4,7-12,18H2,1-2H3,(H,23,24)(H2,19,20,31)(H2,25,26,27). The summed E-state index contributed by atoms with van der Waals surface area (Å²) in [6.45, 7) is 2.30. The monoisotopic (exact) mass is 498 g/mol. The Balaban J connectivity index is 2.42. The number of hydrogen-bond donors (Lipinski definition) is 7. The van der Waals surface area contributed by atoms with Gasteiger partial charge in [-0.1, -0.05) is 12.1 Å². The molecule has 0 aromatic heterocycles. The molecule has 0 heterocycles. The van der Waals surface area contributed by atoms with Crippen LogP contribution in [0.4, 0.5) is 0 Å². The fourth-order valence-electron chi connectivity index (χ4n) is 2.73. The molecule has 1 aromatic carbocycles. The third-order valence-electron chi connectivity index (χ3n) is 4.64. The van der Waals surface area contributed by atoms with Gasteiger partial charge in [-0.2, -0.15) is 0 Å². The number of nitrogens with two attached hydrogens (primary N) is 1. The molecule has 0 amide bonds. The minimum atomic E-state index is -5.19. The number of nitrogens with zero attached hydrogens (tertiary/aromatic N) is 1. The lowest BCUT2D eigenvalue weighted by atomic mass is 10.1. The third kappa shape index (κ3) is 9.13. The van der Waals surface area contributed by atoms with E-state index in [4.69, 9.17) is 22.8 Å². The zero-order valence-electron chi connectivity index (χ0n) is 17.6. The minimum absolute atomic E-state index is 0.0298. The quantitative estimate of drug-likeness (QED) is 0.0655. The second kappa shape index (κ2) is 12.2. The molecule has 2 unspecified atom stereocenters. The van der Waals surface area contributed by atoms with Gasteiger partial charge in [0, 0.05) is 32.7 Å². The topological polar surface area (TPSA) is 178 Å². The lowest BCUT2D eigenvalue weighted by molar-refractivity contribution is 0.127. The van der Waals surface area contributed by atoms with Crippen LogP contribution in [-0.4, -0.2) is 74.8 Å². The number of ether oxygens (including phenoxy) is 1. The van der Waals surface area contributed by atoms with Crippen LogP contribution in [0.25, 0.3) is 0 Å². The number of benzene rings is 1. The van der Waals surface area contributed by atoms with Gasteiger partial charge < -0.3 is 40.2 Å². The van der Waals surface area contributed by atoms with Crippen molar-refractivity contribution in [1.29, 1.82) is 0 Å². The summed E-state index contributed by atoms with van der Waals surface area (Å²) in [6.07, 6.45) is 0.810. The molecule has 1 rings (SSSR count). The Hall–Kier alpha value is -1.07. The molecule has 2 atom stereocenters. The molecular formula is C17H32N4O7P2S. The summed E-state index contributed by atoms with van der Waals surface area (Å²) in [6, 6.07) is 7.62. The van der Waals surface area contributed by atoms with Crippen molar-refractivity contribution in [2.24, 2.45) is 5.84 Å². The summed E-state index contributed by atoms with van der Waals surface area (Å²) in [4.78, 5) is 29.9. The molecular weight excluding hydrogens is 466 g/mol. The Bertz CT molecular complexity index is 795. The van der Waals surface area contributed by atoms with Crippen LogP contribution in [0.3, 0.4) is 0 Å². The smallest absolute Gasteiger partial charge is 0.366 e. The number of thiocarbonyl (C=S) groups is 1. The lowest BCUT2D eigenvalue weighted by Gasteiger charge is -2.32. The second-order valence-corrected chi connectivity index (χ2v) is 12.3. The van der Waals surface area contributed by atoms with Gasteiger partial charge in [0.05, 0.1) is 6.61 Å². The number of rotatable bonds is 13. The van der Waals surface area contributed by atoms with Gasteiger partial charge in [0.1, 0.15) is 5.75 Å². The molecule has 31 heavy (non-hydrogen) atoms. The van der Waals surface area contributed by atoms with E-state index in [1.54, 1.807) is 11.9 Å². The van der Waals surface area contributed by atoms with Gasteiger partial charge in [-0.25, -0.2) is 5.84 Å². The Morgan fingerprint density at radius 2 is 1.97 bits per heavy atom. The number of aliphatic hydroxyl groups is 1. The van der Waals surface area contributed by atoms with Gasteiger partial charge in [0.2, 0.25) is 12.5 Å². The zero-order valence-corrected chi connectivity index (χ0v) is 20.2. The van der Waals surface area contributed by atoms with E-state index in [1.807, 2.05) is 24.3 Å². The number of nitrogens with one attached hydrogen (secondary N) is 2. The molecule has 178 valence electrons. The van der Waals surface area contributed by atoms with Gasteiger partial charge in [-0.3, -0.25) is 9.13 Å². The fourth-order valence-corrected chi connectivity index (χ4v) is 5.68. The van der Waals surface area contributed by atoms with Crippen molar-refractivity contribution in [2.75, 3.05) is 40.0 Å². The van der Waals surface area contributed by atoms with Crippen molar-refractivity contribution in [2.45, 2.75) is 24.3 Å². The van der Waals surface area contributed by atoms with Crippen LogP contribution in [-0.2, 0) is 15.6 Å². The molecule has 8 N–H and O–H groups in total. The summed E-state index contributed by atoms with van der Waals surface area (Å²) in [7, 11) is -7.94. The Morgan fingerprint density at radius 3 is 2.55 bits per heavy atom. The van der Waals surface area contributed by atoms with Crippen molar-refractivity contribution in [3.05, 3.63) is 29.8 Å². The van der Waals surface area contributed by atoms with E-state index >= 15 is 0 Å². The molecule has 11 nitrogen and oxygen atoms in total. The van der Waals surface area contributed by atoms with E-state index < -0.39 is 26.5 Å². The summed E-state index contributed by atoms with van der Waals surface area (Å²) in [5.41, 5.74) is 3.41. The average molecular weight is 498 g/mol. The maximum Gasteiger partial charge on any atom is 0.366 e. The maximum atomic E-state index is 11.8. The molecule has 0 aliphatic heterocycles. The van der Waals surface area contributed by atoms with E-state index in [2.05, 4.69) is 10.7 Å². The van der Waals surface area contributed by atoms with E-state index in [0.717, 1.165) is 18.6 Å². The van der Waals surface area contributed by atoms with Crippen molar-refractivity contribution in [3.63, 3.8) is 0 Å². The summed E-state index contributed by atoms with van der Waals surface area (Å²) in [5.74, 6) is 5.91. The number of hydrazine groups is 1. The second-order valence-electron chi connectivity index (χ2n) is 7.25. The largest absolute Gasteiger partial charge is 0.494 e. The first kappa shape index (κ1) is 28.0. The molecule has 0 radical (unpaired) electrons. The normalized spacial score (nSPS) is 15.7. The highest BCUT2D eigenvalue weighted by atomic mass is 32.1. The highest BCUT2D eigenvalue weighted by Gasteiger charge is 2.56. The van der Waals surface area contributed by atoms with Crippen LogP contribution in [0, 0.1) is 0 Å². The lowest BCUT2D eigenvalue weighted by Crippen LogP contribution is -2.40. The fraction of sp³-hybridized carbons (Fsp3) is 0.588. The molecule has 0 bridgehead atoms. The molecule has 0 saturated heterocycles. The highest BCUT2D eigenvalue weighted by Crippen LogP contribution is 2.69. The zero-order chi connectivity index (χ0) is 23.7. The Labute approximate surface area is 187 Å². The molecule has 0 aliphatic carbocycles. The predicted molar refractivity (Wildman–Crippen MR) is 123 cm³/mol. The van der Waals surface area contributed by atoms with Gasteiger partial charge >= 0.3 is 7.60 Å². The van der Waals surface area contributed by atoms with Crippen LogP contribution in [0.5, 0.6) is 5.75 Å². The predicted octanol–water partition coefficient (Wildman–Crippen LogP) is 0.382.